The van der Waals surface area contributed by atoms with Crippen LogP contribution < -0.4 is 4.74 Å². The van der Waals surface area contributed by atoms with E-state index in [4.69, 9.17) is 25.2 Å². The summed E-state index contributed by atoms with van der Waals surface area (Å²) in [5.74, 6) is -1.02. The fourth-order valence-corrected chi connectivity index (χ4v) is 5.05. The van der Waals surface area contributed by atoms with Gasteiger partial charge in [-0.1, -0.05) is 116 Å². The number of hydrogen-bond donors (Lipinski definition) is 4. The molecule has 4 N–H and O–H groups in total. The van der Waals surface area contributed by atoms with Crippen molar-refractivity contribution in [3.63, 3.8) is 0 Å². The highest BCUT2D eigenvalue weighted by atomic mass is 16.5. The molecule has 0 bridgehead atoms. The number of phenolic OH excluding ortho intramolecular Hbond substituents is 1. The number of aliphatic carboxylic acids is 2. The van der Waals surface area contributed by atoms with E-state index in [1.165, 1.54) is 127 Å². The Labute approximate surface area is 269 Å². The third-order valence-corrected chi connectivity index (χ3v) is 7.70. The zero-order valence-corrected chi connectivity index (χ0v) is 27.1. The monoisotopic (exact) mass is 628 g/mol. The topological polar surface area (TPSA) is 141 Å². The van der Waals surface area contributed by atoms with E-state index in [-0.39, 0.29) is 11.3 Å². The molecule has 2 aromatic carbocycles. The normalized spacial score (nSPS) is 10.6. The summed E-state index contributed by atoms with van der Waals surface area (Å²) in [6, 6.07) is 12.4. The highest BCUT2D eigenvalue weighted by Crippen LogP contribution is 2.23. The second-order valence-corrected chi connectivity index (χ2v) is 11.8. The van der Waals surface area contributed by atoms with E-state index in [2.05, 4.69) is 0 Å². The Morgan fingerprint density at radius 2 is 0.689 bits per heavy atom. The molecule has 252 valence electrons. The second kappa shape index (κ2) is 26.8. The zero-order chi connectivity index (χ0) is 33.0. The maximum absolute atomic E-state index is 10.6. The van der Waals surface area contributed by atoms with E-state index in [1.54, 1.807) is 24.3 Å². The largest absolute Gasteiger partial charge is 0.508 e. The highest BCUT2D eigenvalue weighted by Gasteiger charge is 2.03. The van der Waals surface area contributed by atoms with E-state index in [0.717, 1.165) is 25.7 Å². The Balaban J connectivity index is 0.000000502. The minimum absolute atomic E-state index is 0.165. The summed E-state index contributed by atoms with van der Waals surface area (Å²) in [7, 11) is 0. The summed E-state index contributed by atoms with van der Waals surface area (Å²) in [6.07, 6.45) is 25.7. The lowest BCUT2D eigenvalue weighted by Crippen LogP contribution is -1.95. The van der Waals surface area contributed by atoms with Crippen LogP contribution in [0.2, 0.25) is 0 Å². The number of aromatic hydroxyl groups is 1. The number of hydrogen-bond acceptors (Lipinski definition) is 5. The SMILES string of the molecule is O=C(O)CCCCCCCCCCCCCCCCCCCCCCC(=O)O.O=C(O)c1ccc(Oc2ccc(O)cc2)cc1. The molecule has 0 aliphatic carbocycles. The molecule has 0 atom stereocenters. The molecule has 0 aromatic heterocycles. The molecule has 2 aromatic rings. The molecule has 2 rings (SSSR count). The van der Waals surface area contributed by atoms with Crippen molar-refractivity contribution in [2.75, 3.05) is 0 Å². The summed E-state index contributed by atoms with van der Waals surface area (Å²) in [5, 5.41) is 35.0. The molecule has 8 heteroatoms. The van der Waals surface area contributed by atoms with Gasteiger partial charge in [-0.3, -0.25) is 9.59 Å². The first kappa shape index (κ1) is 39.5. The van der Waals surface area contributed by atoms with Crippen molar-refractivity contribution < 1.29 is 39.5 Å². The number of rotatable bonds is 26. The van der Waals surface area contributed by atoms with Crippen molar-refractivity contribution >= 4 is 17.9 Å². The molecule has 8 nitrogen and oxygen atoms in total. The minimum Gasteiger partial charge on any atom is -0.508 e. The molecule has 0 fully saturated rings. The zero-order valence-electron chi connectivity index (χ0n) is 27.1. The van der Waals surface area contributed by atoms with Crippen molar-refractivity contribution in [2.24, 2.45) is 0 Å². The Hall–Kier alpha value is -3.55. The van der Waals surface area contributed by atoms with Gasteiger partial charge in [0.15, 0.2) is 0 Å². The van der Waals surface area contributed by atoms with Crippen LogP contribution in [0.3, 0.4) is 0 Å². The summed E-state index contributed by atoms with van der Waals surface area (Å²) in [4.78, 5) is 31.4. The quantitative estimate of drug-likeness (QED) is 0.0754. The third kappa shape index (κ3) is 24.5. The first-order chi connectivity index (χ1) is 21.8. The molecule has 0 heterocycles. The minimum atomic E-state index is -0.971. The lowest BCUT2D eigenvalue weighted by atomic mass is 10.0. The van der Waals surface area contributed by atoms with Crippen molar-refractivity contribution in [1.29, 1.82) is 0 Å². The van der Waals surface area contributed by atoms with E-state index in [9.17, 15) is 14.4 Å². The van der Waals surface area contributed by atoms with E-state index in [0.29, 0.717) is 24.3 Å². The number of carboxylic acid groups (broad SMARTS) is 3. The molecule has 45 heavy (non-hydrogen) atoms. The summed E-state index contributed by atoms with van der Waals surface area (Å²) in [5.41, 5.74) is 0.211. The lowest BCUT2D eigenvalue weighted by Gasteiger charge is -2.05. The molecular formula is C37H56O8. The average Bonchev–Trinajstić information content (AvgIpc) is 3.01. The average molecular weight is 629 g/mol. The second-order valence-electron chi connectivity index (χ2n) is 11.8. The molecule has 0 saturated heterocycles. The van der Waals surface area contributed by atoms with Gasteiger partial charge in [-0.2, -0.15) is 0 Å². The maximum Gasteiger partial charge on any atom is 0.335 e. The first-order valence-electron chi connectivity index (χ1n) is 17.0. The summed E-state index contributed by atoms with van der Waals surface area (Å²) < 4.78 is 5.46. The summed E-state index contributed by atoms with van der Waals surface area (Å²) in [6.45, 7) is 0. The van der Waals surface area contributed by atoms with E-state index in [1.807, 2.05) is 0 Å². The smallest absolute Gasteiger partial charge is 0.335 e. The summed E-state index contributed by atoms with van der Waals surface area (Å²) >= 11 is 0. The van der Waals surface area contributed by atoms with Gasteiger partial charge in [0, 0.05) is 12.8 Å². The van der Waals surface area contributed by atoms with Crippen LogP contribution in [0.4, 0.5) is 0 Å². The molecule has 0 aliphatic rings. The van der Waals surface area contributed by atoms with Gasteiger partial charge in [0.05, 0.1) is 5.56 Å². The molecular weight excluding hydrogens is 572 g/mol. The Morgan fingerprint density at radius 3 is 0.956 bits per heavy atom. The fraction of sp³-hybridized carbons (Fsp3) is 0.595. The molecule has 0 amide bonds. The van der Waals surface area contributed by atoms with E-state index >= 15 is 0 Å². The van der Waals surface area contributed by atoms with Gasteiger partial charge in [0.1, 0.15) is 17.2 Å². The Morgan fingerprint density at radius 1 is 0.422 bits per heavy atom. The standard InChI is InChI=1S/C24H46O4.C13H10O4/c25-23(26)21-19-17-15-13-11-9-7-5-3-1-2-4-6-8-10-12-14-16-18-20-22-24(27)28;14-10-3-7-12(8-4-10)17-11-5-1-9(2-6-11)13(15)16/h1-22H2,(H,25,26)(H,27,28);1-8,14H,(H,15,16). The van der Waals surface area contributed by atoms with Crippen LogP contribution >= 0.6 is 0 Å². The van der Waals surface area contributed by atoms with Gasteiger partial charge in [-0.05, 0) is 61.4 Å². The van der Waals surface area contributed by atoms with Crippen molar-refractivity contribution in [3.05, 3.63) is 54.1 Å². The number of ether oxygens (including phenoxy) is 1. The third-order valence-electron chi connectivity index (χ3n) is 7.70. The number of aromatic carboxylic acids is 1. The molecule has 0 radical (unpaired) electrons. The predicted octanol–water partition coefficient (Wildman–Crippen LogP) is 10.6. The van der Waals surface area contributed by atoms with Gasteiger partial charge < -0.3 is 25.2 Å². The highest BCUT2D eigenvalue weighted by molar-refractivity contribution is 5.87. The number of unbranched alkanes of at least 4 members (excludes halogenated alkanes) is 19. The maximum atomic E-state index is 10.6. The van der Waals surface area contributed by atoms with Crippen molar-refractivity contribution in [2.45, 2.75) is 141 Å². The number of benzene rings is 2. The Kier molecular flexibility index (Phi) is 23.5. The molecule has 0 aliphatic heterocycles. The predicted molar refractivity (Wildman–Crippen MR) is 178 cm³/mol. The number of phenols is 1. The van der Waals surface area contributed by atoms with Crippen LogP contribution in [0, 0.1) is 0 Å². The van der Waals surface area contributed by atoms with Gasteiger partial charge in [-0.25, -0.2) is 4.79 Å². The van der Waals surface area contributed by atoms with Crippen LogP contribution in [0.1, 0.15) is 152 Å². The van der Waals surface area contributed by atoms with Gasteiger partial charge >= 0.3 is 17.9 Å². The molecule has 0 unspecified atom stereocenters. The van der Waals surface area contributed by atoms with Crippen LogP contribution in [0.15, 0.2) is 48.5 Å². The van der Waals surface area contributed by atoms with Crippen LogP contribution in [0.25, 0.3) is 0 Å². The van der Waals surface area contributed by atoms with Gasteiger partial charge in [0.2, 0.25) is 0 Å². The van der Waals surface area contributed by atoms with Crippen molar-refractivity contribution in [1.82, 2.24) is 0 Å². The van der Waals surface area contributed by atoms with Gasteiger partial charge in [-0.15, -0.1) is 0 Å². The van der Waals surface area contributed by atoms with Crippen molar-refractivity contribution in [3.8, 4) is 17.2 Å². The number of carboxylic acids is 3. The van der Waals surface area contributed by atoms with Crippen LogP contribution in [-0.4, -0.2) is 38.3 Å². The molecule has 0 spiro atoms. The van der Waals surface area contributed by atoms with Crippen LogP contribution in [-0.2, 0) is 9.59 Å². The number of carbonyl (C=O) groups is 3. The van der Waals surface area contributed by atoms with E-state index < -0.39 is 17.9 Å². The molecule has 0 saturated carbocycles. The Bertz CT molecular complexity index is 999. The fourth-order valence-electron chi connectivity index (χ4n) is 5.05. The van der Waals surface area contributed by atoms with Gasteiger partial charge in [0.25, 0.3) is 0 Å². The first-order valence-corrected chi connectivity index (χ1v) is 17.0. The lowest BCUT2D eigenvalue weighted by molar-refractivity contribution is -0.138. The van der Waals surface area contributed by atoms with Crippen LogP contribution in [0.5, 0.6) is 17.2 Å².